The number of hydrogen-bond donors (Lipinski definition) is 2. The van der Waals surface area contributed by atoms with E-state index in [0.717, 1.165) is 16.6 Å². The Hall–Kier alpha value is -3.55. The van der Waals surface area contributed by atoms with Gasteiger partial charge in [-0.05, 0) is 18.2 Å². The van der Waals surface area contributed by atoms with E-state index in [9.17, 15) is 0 Å². The molecule has 110 valence electrons. The third-order valence-corrected chi connectivity index (χ3v) is 3.61. The van der Waals surface area contributed by atoms with E-state index in [-0.39, 0.29) is 0 Å². The highest BCUT2D eigenvalue weighted by molar-refractivity contribution is 5.76. The minimum absolute atomic E-state index is 0.641. The lowest BCUT2D eigenvalue weighted by Gasteiger charge is -2.00. The number of nitrogens with one attached hydrogen (secondary N) is 2. The molecule has 0 aliphatic carbocycles. The Balaban J connectivity index is 1.69. The van der Waals surface area contributed by atoms with Crippen LogP contribution in [0.4, 0.5) is 0 Å². The van der Waals surface area contributed by atoms with Crippen LogP contribution in [0.3, 0.4) is 0 Å². The highest BCUT2D eigenvalue weighted by atomic mass is 15.2. The molecule has 8 nitrogen and oxygen atoms in total. The molecular weight excluding hydrogens is 292 g/mol. The molecule has 8 heteroatoms. The molecule has 0 unspecified atom stereocenters. The minimum Gasteiger partial charge on any atom is -0.334 e. The molecule has 0 aliphatic heterocycles. The molecule has 0 atom stereocenters. The van der Waals surface area contributed by atoms with Crippen LogP contribution in [-0.4, -0.2) is 39.5 Å². The van der Waals surface area contributed by atoms with Crippen molar-refractivity contribution in [3.05, 3.63) is 49.2 Å². The summed E-state index contributed by atoms with van der Waals surface area (Å²) in [7, 11) is 0. The fourth-order valence-corrected chi connectivity index (χ4v) is 2.56. The van der Waals surface area contributed by atoms with Crippen LogP contribution in [-0.2, 0) is 0 Å². The number of aromatic nitrogens is 8. The lowest BCUT2D eigenvalue weighted by molar-refractivity contribution is 0.964. The molecule has 0 aliphatic rings. The maximum absolute atomic E-state index is 4.57. The summed E-state index contributed by atoms with van der Waals surface area (Å²) < 4.78 is 1.84. The van der Waals surface area contributed by atoms with Gasteiger partial charge in [0.15, 0.2) is 17.3 Å². The van der Waals surface area contributed by atoms with E-state index < -0.39 is 0 Å². The van der Waals surface area contributed by atoms with Crippen LogP contribution >= 0.6 is 0 Å². The molecule has 5 aromatic rings. The quantitative estimate of drug-likeness (QED) is 0.520. The summed E-state index contributed by atoms with van der Waals surface area (Å²) in [6, 6.07) is 5.65. The number of aromatic amines is 2. The number of hydrogen-bond acceptors (Lipinski definition) is 5. The van der Waals surface area contributed by atoms with Crippen molar-refractivity contribution in [2.45, 2.75) is 0 Å². The topological polar surface area (TPSA) is 101 Å². The highest BCUT2D eigenvalue weighted by Gasteiger charge is 2.15. The molecular formula is C15H10N8. The van der Waals surface area contributed by atoms with Crippen LogP contribution in [0.5, 0.6) is 0 Å². The smallest absolute Gasteiger partial charge is 0.214 e. The average molecular weight is 302 g/mol. The molecule has 0 radical (unpaired) electrons. The molecule has 0 saturated carbocycles. The summed E-state index contributed by atoms with van der Waals surface area (Å²) in [6.45, 7) is 0. The van der Waals surface area contributed by atoms with Crippen LogP contribution in [0, 0.1) is 0 Å². The maximum atomic E-state index is 4.57. The van der Waals surface area contributed by atoms with Crippen molar-refractivity contribution < 1.29 is 0 Å². The van der Waals surface area contributed by atoms with Crippen molar-refractivity contribution in [3.8, 4) is 17.6 Å². The predicted octanol–water partition coefficient (Wildman–Crippen LogP) is 2.08. The maximum Gasteiger partial charge on any atom is 0.214 e. The van der Waals surface area contributed by atoms with E-state index in [1.807, 2.05) is 29.0 Å². The monoisotopic (exact) mass is 302 g/mol. The summed E-state index contributed by atoms with van der Waals surface area (Å²) in [5.74, 6) is 1.96. The number of pyridine rings is 2. The summed E-state index contributed by atoms with van der Waals surface area (Å²) >= 11 is 0. The van der Waals surface area contributed by atoms with Crippen LogP contribution in [0.1, 0.15) is 0 Å². The van der Waals surface area contributed by atoms with Gasteiger partial charge in [0.1, 0.15) is 0 Å². The van der Waals surface area contributed by atoms with E-state index >= 15 is 0 Å². The first-order valence-electron chi connectivity index (χ1n) is 7.03. The first-order chi connectivity index (χ1) is 11.4. The fraction of sp³-hybridized carbons (Fsp3) is 0. The Morgan fingerprint density at radius 1 is 0.913 bits per heavy atom. The number of rotatable bonds is 2. The molecule has 5 heterocycles. The van der Waals surface area contributed by atoms with Crippen LogP contribution in [0.25, 0.3) is 39.8 Å². The van der Waals surface area contributed by atoms with Gasteiger partial charge in [-0.1, -0.05) is 0 Å². The van der Waals surface area contributed by atoms with Crippen molar-refractivity contribution in [3.63, 3.8) is 0 Å². The third-order valence-electron chi connectivity index (χ3n) is 3.61. The first-order valence-corrected chi connectivity index (χ1v) is 7.03. The van der Waals surface area contributed by atoms with Gasteiger partial charge in [-0.2, -0.15) is 0 Å². The van der Waals surface area contributed by atoms with Gasteiger partial charge in [0.25, 0.3) is 0 Å². The molecule has 0 fully saturated rings. The Morgan fingerprint density at radius 2 is 1.91 bits per heavy atom. The van der Waals surface area contributed by atoms with Crippen molar-refractivity contribution in [1.82, 2.24) is 39.5 Å². The molecule has 2 N–H and O–H groups in total. The lowest BCUT2D eigenvalue weighted by Crippen LogP contribution is -1.99. The van der Waals surface area contributed by atoms with Gasteiger partial charge >= 0.3 is 0 Å². The molecule has 5 aromatic heterocycles. The van der Waals surface area contributed by atoms with Gasteiger partial charge in [-0.25, -0.2) is 19.9 Å². The van der Waals surface area contributed by atoms with Crippen molar-refractivity contribution in [2.24, 2.45) is 0 Å². The van der Waals surface area contributed by atoms with E-state index in [4.69, 9.17) is 0 Å². The second-order valence-corrected chi connectivity index (χ2v) is 5.03. The van der Waals surface area contributed by atoms with Gasteiger partial charge in [0.2, 0.25) is 5.95 Å². The zero-order chi connectivity index (χ0) is 15.2. The Labute approximate surface area is 129 Å². The number of H-pyrrole nitrogens is 2. The zero-order valence-electron chi connectivity index (χ0n) is 11.8. The van der Waals surface area contributed by atoms with Crippen LogP contribution in [0.15, 0.2) is 49.2 Å². The molecule has 0 amide bonds. The lowest BCUT2D eigenvalue weighted by atomic mass is 10.4. The van der Waals surface area contributed by atoms with E-state index in [1.54, 1.807) is 24.8 Å². The van der Waals surface area contributed by atoms with Crippen molar-refractivity contribution >= 4 is 22.2 Å². The second kappa shape index (κ2) is 4.47. The van der Waals surface area contributed by atoms with Gasteiger partial charge in [0, 0.05) is 24.8 Å². The van der Waals surface area contributed by atoms with Gasteiger partial charge in [0.05, 0.1) is 22.7 Å². The zero-order valence-corrected chi connectivity index (χ0v) is 11.8. The van der Waals surface area contributed by atoms with Gasteiger partial charge in [-0.3, -0.25) is 9.55 Å². The van der Waals surface area contributed by atoms with Gasteiger partial charge in [-0.15, -0.1) is 0 Å². The summed E-state index contributed by atoms with van der Waals surface area (Å²) in [5, 5.41) is 0. The number of imidazole rings is 3. The molecule has 5 rings (SSSR count). The number of nitrogens with zero attached hydrogens (tertiary/aromatic N) is 6. The van der Waals surface area contributed by atoms with Crippen molar-refractivity contribution in [2.75, 3.05) is 0 Å². The second-order valence-electron chi connectivity index (χ2n) is 5.03. The normalized spacial score (nSPS) is 11.5. The average Bonchev–Trinajstić information content (AvgIpc) is 3.30. The van der Waals surface area contributed by atoms with E-state index in [2.05, 4.69) is 34.9 Å². The standard InChI is InChI=1S/C15H10N8/c1-2-10-12(17-4-1)22-13(19-10)14-18-6-7-23(14)15-20-9-3-5-16-8-11(9)21-15/h1-8H,(H,20,21)(H,17,19,22). The number of fused-ring (bicyclic) bond motifs is 2. The molecule has 0 aromatic carbocycles. The summed E-state index contributed by atoms with van der Waals surface area (Å²) in [5.41, 5.74) is 3.24. The molecule has 23 heavy (non-hydrogen) atoms. The Bertz CT molecular complexity index is 978. The predicted molar refractivity (Wildman–Crippen MR) is 83.9 cm³/mol. The highest BCUT2D eigenvalue weighted by Crippen LogP contribution is 2.21. The van der Waals surface area contributed by atoms with Crippen LogP contribution < -0.4 is 0 Å². The largest absolute Gasteiger partial charge is 0.334 e. The fourth-order valence-electron chi connectivity index (χ4n) is 2.56. The third kappa shape index (κ3) is 1.81. The molecule has 0 bridgehead atoms. The van der Waals surface area contributed by atoms with E-state index in [1.165, 1.54) is 0 Å². The summed E-state index contributed by atoms with van der Waals surface area (Å²) in [6.07, 6.45) is 8.72. The van der Waals surface area contributed by atoms with Crippen LogP contribution in [0.2, 0.25) is 0 Å². The minimum atomic E-state index is 0.641. The SMILES string of the molecule is c1cnc2nc(-c3nccn3-c3nc4ccncc4[nH]3)[nH]c2c1. The van der Waals surface area contributed by atoms with Crippen molar-refractivity contribution in [1.29, 1.82) is 0 Å². The Kier molecular flexibility index (Phi) is 2.34. The molecule has 0 saturated heterocycles. The first kappa shape index (κ1) is 12.0. The Morgan fingerprint density at radius 3 is 2.83 bits per heavy atom. The summed E-state index contributed by atoms with van der Waals surface area (Å²) in [4.78, 5) is 28.2. The van der Waals surface area contributed by atoms with Gasteiger partial charge < -0.3 is 9.97 Å². The molecule has 0 spiro atoms. The van der Waals surface area contributed by atoms with E-state index in [0.29, 0.717) is 23.2 Å².